The van der Waals surface area contributed by atoms with Gasteiger partial charge in [0.25, 0.3) is 0 Å². The van der Waals surface area contributed by atoms with Gasteiger partial charge in [-0.3, -0.25) is 4.57 Å². The first-order chi connectivity index (χ1) is 6.40. The molecule has 1 amide bonds. The van der Waals surface area contributed by atoms with E-state index in [0.717, 1.165) is 6.54 Å². The summed E-state index contributed by atoms with van der Waals surface area (Å²) in [7, 11) is 1.80. The van der Waals surface area contributed by atoms with Gasteiger partial charge in [-0.1, -0.05) is 20.8 Å². The van der Waals surface area contributed by atoms with Crippen LogP contribution in [0.15, 0.2) is 18.7 Å². The summed E-state index contributed by atoms with van der Waals surface area (Å²) in [5.41, 5.74) is 0.116. The minimum Gasteiger partial charge on any atom is -0.327 e. The number of hydrogen-bond donors (Lipinski definition) is 0. The molecular formula is C10H17N3O. The van der Waals surface area contributed by atoms with E-state index in [2.05, 4.69) is 25.8 Å². The lowest BCUT2D eigenvalue weighted by molar-refractivity contribution is 0.190. The Morgan fingerprint density at radius 1 is 1.50 bits per heavy atom. The minimum absolute atomic E-state index is 0.0441. The maximum Gasteiger partial charge on any atom is 0.329 e. The Hall–Kier alpha value is -1.32. The second-order valence-corrected chi connectivity index (χ2v) is 4.67. The number of rotatable bonds is 1. The Balaban J connectivity index is 2.63. The first-order valence-corrected chi connectivity index (χ1v) is 4.63. The van der Waals surface area contributed by atoms with Gasteiger partial charge in [-0.15, -0.1) is 0 Å². The molecule has 0 atom stereocenters. The molecule has 1 rings (SSSR count). The van der Waals surface area contributed by atoms with Crippen LogP contribution in [0.2, 0.25) is 0 Å². The van der Waals surface area contributed by atoms with E-state index in [9.17, 15) is 4.79 Å². The van der Waals surface area contributed by atoms with E-state index in [4.69, 9.17) is 0 Å². The molecule has 0 bridgehead atoms. The Bertz CT molecular complexity index is 298. The maximum atomic E-state index is 11.7. The summed E-state index contributed by atoms with van der Waals surface area (Å²) in [6.07, 6.45) is 4.77. The molecule has 0 aliphatic heterocycles. The SMILES string of the molecule is CN(CC(C)(C)C)C(=O)n1ccnc1. The standard InChI is InChI=1S/C10H17N3O/c1-10(2,3)7-12(4)9(14)13-6-5-11-8-13/h5-6,8H,7H2,1-4H3. The van der Waals surface area contributed by atoms with Crippen LogP contribution >= 0.6 is 0 Å². The van der Waals surface area contributed by atoms with E-state index in [1.165, 1.54) is 10.9 Å². The highest BCUT2D eigenvalue weighted by Gasteiger charge is 2.18. The van der Waals surface area contributed by atoms with Crippen LogP contribution in [0.5, 0.6) is 0 Å². The van der Waals surface area contributed by atoms with Crippen molar-refractivity contribution in [2.24, 2.45) is 5.41 Å². The molecular weight excluding hydrogens is 178 g/mol. The lowest BCUT2D eigenvalue weighted by atomic mass is 9.96. The van der Waals surface area contributed by atoms with Gasteiger partial charge >= 0.3 is 6.03 Å². The monoisotopic (exact) mass is 195 g/mol. The number of nitrogens with zero attached hydrogens (tertiary/aromatic N) is 3. The van der Waals surface area contributed by atoms with Crippen LogP contribution in [0.25, 0.3) is 0 Å². The Morgan fingerprint density at radius 3 is 2.57 bits per heavy atom. The lowest BCUT2D eigenvalue weighted by Gasteiger charge is -2.26. The molecule has 0 aromatic carbocycles. The largest absolute Gasteiger partial charge is 0.329 e. The average Bonchev–Trinajstić information content (AvgIpc) is 2.51. The molecule has 0 unspecified atom stereocenters. The number of aromatic nitrogens is 2. The molecule has 0 saturated heterocycles. The van der Waals surface area contributed by atoms with Crippen molar-refractivity contribution in [2.75, 3.05) is 13.6 Å². The molecule has 0 saturated carbocycles. The van der Waals surface area contributed by atoms with Crippen molar-refractivity contribution in [3.63, 3.8) is 0 Å². The topological polar surface area (TPSA) is 38.1 Å². The maximum absolute atomic E-state index is 11.7. The van der Waals surface area contributed by atoms with Gasteiger partial charge < -0.3 is 4.90 Å². The van der Waals surface area contributed by atoms with Crippen LogP contribution in [0, 0.1) is 5.41 Å². The third-order valence-electron chi connectivity index (χ3n) is 1.76. The molecule has 0 aliphatic carbocycles. The van der Waals surface area contributed by atoms with Crippen molar-refractivity contribution in [2.45, 2.75) is 20.8 Å². The molecule has 0 fully saturated rings. The van der Waals surface area contributed by atoms with Crippen molar-refractivity contribution in [3.05, 3.63) is 18.7 Å². The summed E-state index contributed by atoms with van der Waals surface area (Å²) in [5.74, 6) is 0. The normalized spacial score (nSPS) is 11.4. The minimum atomic E-state index is -0.0441. The van der Waals surface area contributed by atoms with E-state index in [0.29, 0.717) is 0 Å². The van der Waals surface area contributed by atoms with Crippen molar-refractivity contribution >= 4 is 6.03 Å². The van der Waals surface area contributed by atoms with E-state index in [1.54, 1.807) is 24.3 Å². The average molecular weight is 195 g/mol. The van der Waals surface area contributed by atoms with Crippen LogP contribution in [0.3, 0.4) is 0 Å². The third kappa shape index (κ3) is 2.87. The van der Waals surface area contributed by atoms with Crippen LogP contribution in [0.1, 0.15) is 20.8 Å². The summed E-state index contributed by atoms with van der Waals surface area (Å²) >= 11 is 0. The van der Waals surface area contributed by atoms with Crippen LogP contribution in [-0.4, -0.2) is 34.1 Å². The van der Waals surface area contributed by atoms with Gasteiger partial charge in [0.2, 0.25) is 0 Å². The van der Waals surface area contributed by atoms with Gasteiger partial charge in [0.05, 0.1) is 0 Å². The van der Waals surface area contributed by atoms with Gasteiger partial charge in [-0.25, -0.2) is 9.78 Å². The van der Waals surface area contributed by atoms with Gasteiger partial charge in [0.1, 0.15) is 6.33 Å². The Kier molecular flexibility index (Phi) is 2.93. The quantitative estimate of drug-likeness (QED) is 0.685. The van der Waals surface area contributed by atoms with E-state index in [1.807, 2.05) is 0 Å². The summed E-state index contributed by atoms with van der Waals surface area (Å²) in [5, 5.41) is 0. The third-order valence-corrected chi connectivity index (χ3v) is 1.76. The van der Waals surface area contributed by atoms with Crippen molar-refractivity contribution in [1.82, 2.24) is 14.5 Å². The number of amides is 1. The fourth-order valence-electron chi connectivity index (χ4n) is 1.35. The molecule has 4 nitrogen and oxygen atoms in total. The van der Waals surface area contributed by atoms with Gasteiger partial charge in [-0.2, -0.15) is 0 Å². The summed E-state index contributed by atoms with van der Waals surface area (Å²) in [6, 6.07) is -0.0441. The molecule has 0 radical (unpaired) electrons. The highest BCUT2D eigenvalue weighted by atomic mass is 16.2. The van der Waals surface area contributed by atoms with Gasteiger partial charge in [-0.05, 0) is 5.41 Å². The smallest absolute Gasteiger partial charge is 0.327 e. The molecule has 4 heteroatoms. The van der Waals surface area contributed by atoms with E-state index >= 15 is 0 Å². The molecule has 14 heavy (non-hydrogen) atoms. The first-order valence-electron chi connectivity index (χ1n) is 4.63. The number of hydrogen-bond acceptors (Lipinski definition) is 2. The van der Waals surface area contributed by atoms with E-state index < -0.39 is 0 Å². The van der Waals surface area contributed by atoms with Gasteiger partial charge in [0, 0.05) is 26.0 Å². The molecule has 78 valence electrons. The molecule has 0 N–H and O–H groups in total. The second kappa shape index (κ2) is 3.82. The van der Waals surface area contributed by atoms with Crippen LogP contribution in [-0.2, 0) is 0 Å². The summed E-state index contributed by atoms with van der Waals surface area (Å²) in [6.45, 7) is 7.03. The lowest BCUT2D eigenvalue weighted by Crippen LogP contribution is -2.36. The van der Waals surface area contributed by atoms with Crippen molar-refractivity contribution < 1.29 is 4.79 Å². The Morgan fingerprint density at radius 2 is 2.14 bits per heavy atom. The zero-order valence-electron chi connectivity index (χ0n) is 9.19. The Labute approximate surface area is 84.5 Å². The van der Waals surface area contributed by atoms with Gasteiger partial charge in [0.15, 0.2) is 0 Å². The second-order valence-electron chi connectivity index (χ2n) is 4.67. The van der Waals surface area contributed by atoms with Crippen LogP contribution < -0.4 is 0 Å². The van der Waals surface area contributed by atoms with E-state index in [-0.39, 0.29) is 11.4 Å². The fourth-order valence-corrected chi connectivity index (χ4v) is 1.35. The predicted octanol–water partition coefficient (Wildman–Crippen LogP) is 1.83. The summed E-state index contributed by atoms with van der Waals surface area (Å²) in [4.78, 5) is 17.3. The molecule has 0 aliphatic rings. The highest BCUT2D eigenvalue weighted by molar-refractivity contribution is 5.76. The zero-order valence-corrected chi connectivity index (χ0v) is 9.19. The fraction of sp³-hybridized carbons (Fsp3) is 0.600. The molecule has 0 spiro atoms. The molecule has 1 aromatic heterocycles. The number of carbonyl (C=O) groups excluding carboxylic acids is 1. The first kappa shape index (κ1) is 10.8. The predicted molar refractivity (Wildman–Crippen MR) is 55.1 cm³/mol. The van der Waals surface area contributed by atoms with Crippen molar-refractivity contribution in [1.29, 1.82) is 0 Å². The van der Waals surface area contributed by atoms with Crippen LogP contribution in [0.4, 0.5) is 4.79 Å². The highest BCUT2D eigenvalue weighted by Crippen LogP contribution is 2.14. The van der Waals surface area contributed by atoms with Crippen molar-refractivity contribution in [3.8, 4) is 0 Å². The number of carbonyl (C=O) groups is 1. The number of imidazole rings is 1. The summed E-state index contributed by atoms with van der Waals surface area (Å²) < 4.78 is 1.48. The molecule has 1 aromatic rings. The molecule has 1 heterocycles. The zero-order chi connectivity index (χ0) is 10.8.